The lowest BCUT2D eigenvalue weighted by atomic mass is 10.2. The lowest BCUT2D eigenvalue weighted by Crippen LogP contribution is -2.27. The molecule has 1 aromatic heterocycles. The third-order valence-electron chi connectivity index (χ3n) is 2.77. The number of hydroxylamine groups is 1. The first kappa shape index (κ1) is 17.2. The maximum Gasteiger partial charge on any atom is 0.343 e. The number of hydrogen-bond donors (Lipinski definition) is 3. The summed E-state index contributed by atoms with van der Waals surface area (Å²) in [6.45, 7) is 3.53. The van der Waals surface area contributed by atoms with Crippen molar-refractivity contribution in [1.82, 2.24) is 10.5 Å². The summed E-state index contributed by atoms with van der Waals surface area (Å²) < 4.78 is 27.0. The molecule has 2 aromatic rings. The van der Waals surface area contributed by atoms with Gasteiger partial charge in [0.25, 0.3) is 10.0 Å². The maximum atomic E-state index is 12.3. The monoisotopic (exact) mass is 356 g/mol. The number of urea groups is 1. The van der Waals surface area contributed by atoms with Crippen LogP contribution in [0.25, 0.3) is 0 Å². The second-order valence-corrected chi connectivity index (χ2v) is 7.29. The average molecular weight is 356 g/mol. The summed E-state index contributed by atoms with van der Waals surface area (Å²) in [5.74, 6) is 0. The predicted octanol–water partition coefficient (Wildman–Crippen LogP) is 2.24. The van der Waals surface area contributed by atoms with E-state index < -0.39 is 16.1 Å². The van der Waals surface area contributed by atoms with Crippen molar-refractivity contribution in [2.75, 3.05) is 17.1 Å². The zero-order valence-electron chi connectivity index (χ0n) is 12.7. The minimum Gasteiger partial charge on any atom is -0.296 e. The Morgan fingerprint density at radius 1 is 1.22 bits per heavy atom. The summed E-state index contributed by atoms with van der Waals surface area (Å²) in [5.41, 5.74) is 3.55. The number of hydrogen-bond acceptors (Lipinski definition) is 6. The quantitative estimate of drug-likeness (QED) is 0.712. The smallest absolute Gasteiger partial charge is 0.296 e. The number of carbonyl (C=O) groups is 1. The standard InChI is InChI=1S/C13H16N4O4S2/c1-8-4-6-10(7-5-8)23(19,20)17-13-14-9(2)11(22-13)15-12(18)16-21-3/h4-7H,1-3H3,(H,14,17)(H2,15,16,18). The van der Waals surface area contributed by atoms with Gasteiger partial charge < -0.3 is 0 Å². The van der Waals surface area contributed by atoms with Gasteiger partial charge in [-0.1, -0.05) is 29.0 Å². The molecule has 2 rings (SSSR count). The second-order valence-electron chi connectivity index (χ2n) is 4.61. The molecule has 3 N–H and O–H groups in total. The van der Waals surface area contributed by atoms with Crippen molar-refractivity contribution < 1.29 is 18.0 Å². The van der Waals surface area contributed by atoms with Crippen molar-refractivity contribution in [3.63, 3.8) is 0 Å². The fourth-order valence-electron chi connectivity index (χ4n) is 1.67. The number of amides is 2. The third-order valence-corrected chi connectivity index (χ3v) is 5.24. The summed E-state index contributed by atoms with van der Waals surface area (Å²) in [4.78, 5) is 20.1. The Labute approximate surface area is 137 Å². The summed E-state index contributed by atoms with van der Waals surface area (Å²) in [5, 5.41) is 3.09. The molecule has 23 heavy (non-hydrogen) atoms. The number of carbonyl (C=O) groups excluding carboxylic acids is 1. The van der Waals surface area contributed by atoms with E-state index >= 15 is 0 Å². The topological polar surface area (TPSA) is 109 Å². The molecular formula is C13H16N4O4S2. The molecule has 124 valence electrons. The summed E-state index contributed by atoms with van der Waals surface area (Å²) in [6, 6.07) is 5.88. The number of benzene rings is 1. The van der Waals surface area contributed by atoms with Crippen LogP contribution >= 0.6 is 11.3 Å². The average Bonchev–Trinajstić information content (AvgIpc) is 2.78. The van der Waals surface area contributed by atoms with Crippen LogP contribution in [0.15, 0.2) is 29.2 Å². The molecule has 0 unspecified atom stereocenters. The van der Waals surface area contributed by atoms with Gasteiger partial charge in [0.15, 0.2) is 5.13 Å². The normalized spacial score (nSPS) is 11.1. The second kappa shape index (κ2) is 6.94. The molecule has 0 atom stereocenters. The maximum absolute atomic E-state index is 12.3. The molecule has 10 heteroatoms. The largest absolute Gasteiger partial charge is 0.343 e. The number of aromatic nitrogens is 1. The lowest BCUT2D eigenvalue weighted by molar-refractivity contribution is 0.114. The molecule has 0 aliphatic heterocycles. The van der Waals surface area contributed by atoms with E-state index in [0.717, 1.165) is 16.9 Å². The van der Waals surface area contributed by atoms with Crippen LogP contribution in [-0.4, -0.2) is 26.5 Å². The fraction of sp³-hybridized carbons (Fsp3) is 0.231. The van der Waals surface area contributed by atoms with Gasteiger partial charge in [0.2, 0.25) is 0 Å². The van der Waals surface area contributed by atoms with E-state index in [2.05, 4.69) is 25.3 Å². The zero-order valence-corrected chi connectivity index (χ0v) is 14.3. The fourth-order valence-corrected chi connectivity index (χ4v) is 3.77. The third kappa shape index (κ3) is 4.41. The van der Waals surface area contributed by atoms with Crippen molar-refractivity contribution in [2.24, 2.45) is 0 Å². The zero-order chi connectivity index (χ0) is 17.0. The number of thiazole rings is 1. The van der Waals surface area contributed by atoms with Crippen molar-refractivity contribution in [1.29, 1.82) is 0 Å². The van der Waals surface area contributed by atoms with E-state index in [1.807, 2.05) is 6.92 Å². The number of nitrogens with zero attached hydrogens (tertiary/aromatic N) is 1. The molecule has 8 nitrogen and oxygen atoms in total. The highest BCUT2D eigenvalue weighted by atomic mass is 32.2. The van der Waals surface area contributed by atoms with Crippen molar-refractivity contribution >= 4 is 37.5 Å². The Morgan fingerprint density at radius 2 is 1.87 bits per heavy atom. The van der Waals surface area contributed by atoms with Gasteiger partial charge in [-0.15, -0.1) is 0 Å². The molecule has 2 amide bonds. The SMILES string of the molecule is CONC(=O)Nc1sc(NS(=O)(=O)c2ccc(C)cc2)nc1C. The minimum absolute atomic E-state index is 0.141. The van der Waals surface area contributed by atoms with Crippen LogP contribution < -0.4 is 15.5 Å². The first-order valence-corrected chi connectivity index (χ1v) is 8.78. The lowest BCUT2D eigenvalue weighted by Gasteiger charge is -2.05. The molecule has 0 spiro atoms. The van der Waals surface area contributed by atoms with Gasteiger partial charge in [-0.3, -0.25) is 14.9 Å². The van der Waals surface area contributed by atoms with Gasteiger partial charge in [0.1, 0.15) is 5.00 Å². The van der Waals surface area contributed by atoms with Crippen LogP contribution in [0.4, 0.5) is 14.9 Å². The van der Waals surface area contributed by atoms with Gasteiger partial charge in [-0.25, -0.2) is 23.7 Å². The summed E-state index contributed by atoms with van der Waals surface area (Å²) in [6.07, 6.45) is 0. The van der Waals surface area contributed by atoms with E-state index in [0.29, 0.717) is 10.7 Å². The Kier molecular flexibility index (Phi) is 5.19. The Hall–Kier alpha value is -2.17. The molecule has 0 aliphatic carbocycles. The number of aryl methyl sites for hydroxylation is 2. The van der Waals surface area contributed by atoms with Crippen LogP contribution in [-0.2, 0) is 14.9 Å². The van der Waals surface area contributed by atoms with E-state index in [1.54, 1.807) is 19.1 Å². The predicted molar refractivity (Wildman–Crippen MR) is 88.0 cm³/mol. The first-order valence-electron chi connectivity index (χ1n) is 6.48. The van der Waals surface area contributed by atoms with Gasteiger partial charge in [0.05, 0.1) is 17.7 Å². The van der Waals surface area contributed by atoms with Crippen LogP contribution in [0.2, 0.25) is 0 Å². The van der Waals surface area contributed by atoms with Crippen LogP contribution in [0.1, 0.15) is 11.3 Å². The Bertz CT molecular complexity index is 800. The van der Waals surface area contributed by atoms with Crippen molar-refractivity contribution in [3.8, 4) is 0 Å². The van der Waals surface area contributed by atoms with E-state index in [4.69, 9.17) is 0 Å². The molecule has 0 radical (unpaired) electrons. The minimum atomic E-state index is -3.73. The number of sulfonamides is 1. The molecule has 1 heterocycles. The van der Waals surface area contributed by atoms with Gasteiger partial charge in [0, 0.05) is 0 Å². The van der Waals surface area contributed by atoms with Crippen LogP contribution in [0, 0.1) is 13.8 Å². The molecule has 0 fully saturated rings. The van der Waals surface area contributed by atoms with Gasteiger partial charge >= 0.3 is 6.03 Å². The Balaban J connectivity index is 2.17. The van der Waals surface area contributed by atoms with Crippen molar-refractivity contribution in [3.05, 3.63) is 35.5 Å². The molecule has 1 aromatic carbocycles. The van der Waals surface area contributed by atoms with Gasteiger partial charge in [-0.05, 0) is 26.0 Å². The van der Waals surface area contributed by atoms with Crippen molar-refractivity contribution in [2.45, 2.75) is 18.7 Å². The number of anilines is 2. The van der Waals surface area contributed by atoms with E-state index in [1.165, 1.54) is 19.2 Å². The molecular weight excluding hydrogens is 340 g/mol. The first-order chi connectivity index (χ1) is 10.8. The summed E-state index contributed by atoms with van der Waals surface area (Å²) >= 11 is 1.01. The number of nitrogens with one attached hydrogen (secondary N) is 3. The summed E-state index contributed by atoms with van der Waals surface area (Å²) in [7, 11) is -2.42. The highest BCUT2D eigenvalue weighted by Gasteiger charge is 2.18. The molecule has 0 saturated heterocycles. The van der Waals surface area contributed by atoms with Gasteiger partial charge in [-0.2, -0.15) is 0 Å². The molecule has 0 saturated carbocycles. The molecule has 0 aliphatic rings. The van der Waals surface area contributed by atoms with E-state index in [9.17, 15) is 13.2 Å². The van der Waals surface area contributed by atoms with Crippen LogP contribution in [0.3, 0.4) is 0 Å². The highest BCUT2D eigenvalue weighted by Crippen LogP contribution is 2.29. The molecule has 0 bridgehead atoms. The highest BCUT2D eigenvalue weighted by molar-refractivity contribution is 7.93. The number of rotatable bonds is 5. The van der Waals surface area contributed by atoms with Crippen LogP contribution in [0.5, 0.6) is 0 Å². The van der Waals surface area contributed by atoms with E-state index in [-0.39, 0.29) is 10.0 Å². The Morgan fingerprint density at radius 3 is 2.48 bits per heavy atom.